The standard InChI is InChI=1S/C25H20N4O2/c1-16(19-9-7-18(15-26)8-10-19)27-24(30)20-11-13-21(14-12-20)29-17(2)28-23-6-4-3-5-22(23)25(29)31/h3-14,16H,1-2H3,(H,27,30). The van der Waals surface area contributed by atoms with E-state index in [0.29, 0.717) is 33.5 Å². The number of fused-ring (bicyclic) bond motifs is 1. The number of nitrogens with zero attached hydrogens (tertiary/aromatic N) is 3. The Labute approximate surface area is 179 Å². The quantitative estimate of drug-likeness (QED) is 0.552. The summed E-state index contributed by atoms with van der Waals surface area (Å²) in [6.07, 6.45) is 0. The molecule has 6 heteroatoms. The molecule has 1 atom stereocenters. The molecule has 152 valence electrons. The first-order valence-corrected chi connectivity index (χ1v) is 9.87. The number of aryl methyl sites for hydroxylation is 1. The Balaban J connectivity index is 1.57. The fourth-order valence-electron chi connectivity index (χ4n) is 3.52. The summed E-state index contributed by atoms with van der Waals surface area (Å²) in [4.78, 5) is 30.1. The van der Waals surface area contributed by atoms with Crippen LogP contribution >= 0.6 is 0 Å². The molecule has 4 aromatic rings. The Kier molecular flexibility index (Phi) is 5.33. The molecular weight excluding hydrogens is 388 g/mol. The maximum atomic E-state index is 12.9. The summed E-state index contributed by atoms with van der Waals surface area (Å²) in [7, 11) is 0. The number of benzene rings is 3. The second-order valence-corrected chi connectivity index (χ2v) is 7.29. The summed E-state index contributed by atoms with van der Waals surface area (Å²) in [6.45, 7) is 3.67. The van der Waals surface area contributed by atoms with Crippen molar-refractivity contribution in [1.29, 1.82) is 5.26 Å². The smallest absolute Gasteiger partial charge is 0.265 e. The van der Waals surface area contributed by atoms with E-state index in [9.17, 15) is 9.59 Å². The van der Waals surface area contributed by atoms with Gasteiger partial charge in [0.25, 0.3) is 11.5 Å². The van der Waals surface area contributed by atoms with Crippen LogP contribution in [0.3, 0.4) is 0 Å². The maximum Gasteiger partial charge on any atom is 0.265 e. The van der Waals surface area contributed by atoms with Crippen molar-refractivity contribution in [2.75, 3.05) is 0 Å². The number of hydrogen-bond acceptors (Lipinski definition) is 4. The molecule has 0 aliphatic heterocycles. The molecule has 4 rings (SSSR count). The lowest BCUT2D eigenvalue weighted by Gasteiger charge is -2.15. The molecule has 1 N–H and O–H groups in total. The van der Waals surface area contributed by atoms with E-state index >= 15 is 0 Å². The van der Waals surface area contributed by atoms with E-state index in [4.69, 9.17) is 5.26 Å². The molecule has 3 aromatic carbocycles. The first-order valence-electron chi connectivity index (χ1n) is 9.87. The highest BCUT2D eigenvalue weighted by Gasteiger charge is 2.13. The van der Waals surface area contributed by atoms with Crippen molar-refractivity contribution < 1.29 is 4.79 Å². The van der Waals surface area contributed by atoms with E-state index in [2.05, 4.69) is 16.4 Å². The number of hydrogen-bond donors (Lipinski definition) is 1. The van der Waals surface area contributed by atoms with Gasteiger partial charge in [0.1, 0.15) is 5.82 Å². The average Bonchev–Trinajstić information content (AvgIpc) is 2.79. The van der Waals surface area contributed by atoms with Crippen molar-refractivity contribution >= 4 is 16.8 Å². The van der Waals surface area contributed by atoms with Crippen LogP contribution in [0.25, 0.3) is 16.6 Å². The van der Waals surface area contributed by atoms with E-state index in [1.54, 1.807) is 54.0 Å². The van der Waals surface area contributed by atoms with Crippen LogP contribution in [-0.2, 0) is 0 Å². The van der Waals surface area contributed by atoms with Crippen LogP contribution in [-0.4, -0.2) is 15.5 Å². The van der Waals surface area contributed by atoms with E-state index in [1.807, 2.05) is 37.3 Å². The zero-order chi connectivity index (χ0) is 22.0. The topological polar surface area (TPSA) is 87.8 Å². The van der Waals surface area contributed by atoms with Crippen LogP contribution in [0, 0.1) is 18.3 Å². The predicted molar refractivity (Wildman–Crippen MR) is 119 cm³/mol. The van der Waals surface area contributed by atoms with Crippen LogP contribution < -0.4 is 10.9 Å². The van der Waals surface area contributed by atoms with Gasteiger partial charge in [0.2, 0.25) is 0 Å². The van der Waals surface area contributed by atoms with Gasteiger partial charge < -0.3 is 5.32 Å². The summed E-state index contributed by atoms with van der Waals surface area (Å²) in [5.74, 6) is 0.361. The van der Waals surface area contributed by atoms with Gasteiger partial charge in [0.05, 0.1) is 34.3 Å². The Morgan fingerprint density at radius 3 is 2.39 bits per heavy atom. The van der Waals surface area contributed by atoms with Gasteiger partial charge in [-0.05, 0) is 67.9 Å². The van der Waals surface area contributed by atoms with Crippen molar-refractivity contribution in [3.63, 3.8) is 0 Å². The third-order valence-corrected chi connectivity index (χ3v) is 5.22. The van der Waals surface area contributed by atoms with Gasteiger partial charge in [-0.25, -0.2) is 4.98 Å². The highest BCUT2D eigenvalue weighted by atomic mass is 16.1. The van der Waals surface area contributed by atoms with Crippen LogP contribution in [0.1, 0.15) is 40.3 Å². The Morgan fingerprint density at radius 2 is 1.71 bits per heavy atom. The minimum Gasteiger partial charge on any atom is -0.346 e. The lowest BCUT2D eigenvalue weighted by molar-refractivity contribution is 0.0940. The van der Waals surface area contributed by atoms with Crippen molar-refractivity contribution in [1.82, 2.24) is 14.9 Å². The fraction of sp³-hybridized carbons (Fsp3) is 0.120. The molecule has 0 saturated heterocycles. The summed E-state index contributed by atoms with van der Waals surface area (Å²) < 4.78 is 1.55. The second-order valence-electron chi connectivity index (χ2n) is 7.29. The highest BCUT2D eigenvalue weighted by Crippen LogP contribution is 2.16. The van der Waals surface area contributed by atoms with E-state index in [0.717, 1.165) is 5.56 Å². The SMILES string of the molecule is Cc1nc2ccccc2c(=O)n1-c1ccc(C(=O)NC(C)c2ccc(C#N)cc2)cc1. The minimum atomic E-state index is -0.218. The van der Waals surface area contributed by atoms with Gasteiger partial charge in [-0.1, -0.05) is 24.3 Å². The average molecular weight is 408 g/mol. The van der Waals surface area contributed by atoms with Crippen molar-refractivity contribution in [2.24, 2.45) is 0 Å². The number of para-hydroxylation sites is 1. The third-order valence-electron chi connectivity index (χ3n) is 5.22. The summed E-state index contributed by atoms with van der Waals surface area (Å²) in [5, 5.41) is 12.4. The molecule has 0 saturated carbocycles. The lowest BCUT2D eigenvalue weighted by atomic mass is 10.1. The van der Waals surface area contributed by atoms with Crippen LogP contribution in [0.15, 0.2) is 77.6 Å². The van der Waals surface area contributed by atoms with Crippen molar-refractivity contribution in [2.45, 2.75) is 19.9 Å². The number of nitriles is 1. The fourth-order valence-corrected chi connectivity index (χ4v) is 3.52. The zero-order valence-electron chi connectivity index (χ0n) is 17.2. The molecule has 1 unspecified atom stereocenters. The highest BCUT2D eigenvalue weighted by molar-refractivity contribution is 5.94. The van der Waals surface area contributed by atoms with Crippen LogP contribution in [0.5, 0.6) is 0 Å². The number of nitrogens with one attached hydrogen (secondary N) is 1. The van der Waals surface area contributed by atoms with Gasteiger partial charge in [-0.3, -0.25) is 14.2 Å². The van der Waals surface area contributed by atoms with Crippen LogP contribution in [0.2, 0.25) is 0 Å². The van der Waals surface area contributed by atoms with Gasteiger partial charge in [0.15, 0.2) is 0 Å². The molecule has 1 heterocycles. The molecule has 6 nitrogen and oxygen atoms in total. The summed E-state index contributed by atoms with van der Waals surface area (Å²) in [6, 6.07) is 23.1. The first kappa shape index (κ1) is 20.0. The number of carbonyl (C=O) groups excluding carboxylic acids is 1. The normalized spacial score (nSPS) is 11.6. The van der Waals surface area contributed by atoms with Gasteiger partial charge >= 0.3 is 0 Å². The van der Waals surface area contributed by atoms with E-state index in [1.165, 1.54) is 0 Å². The van der Waals surface area contributed by atoms with Gasteiger partial charge in [-0.2, -0.15) is 5.26 Å². The van der Waals surface area contributed by atoms with E-state index in [-0.39, 0.29) is 17.5 Å². The molecule has 0 bridgehead atoms. The Bertz CT molecular complexity index is 1360. The molecule has 0 fully saturated rings. The molecule has 0 aliphatic rings. The molecule has 0 radical (unpaired) electrons. The Hall–Kier alpha value is -4.24. The zero-order valence-corrected chi connectivity index (χ0v) is 17.2. The first-order chi connectivity index (χ1) is 15.0. The maximum absolute atomic E-state index is 12.9. The summed E-state index contributed by atoms with van der Waals surface area (Å²) in [5.41, 5.74) is 3.14. The molecule has 1 aromatic heterocycles. The van der Waals surface area contributed by atoms with Crippen LogP contribution in [0.4, 0.5) is 0 Å². The molecule has 0 spiro atoms. The number of aromatic nitrogens is 2. The summed E-state index contributed by atoms with van der Waals surface area (Å²) >= 11 is 0. The van der Waals surface area contributed by atoms with Crippen molar-refractivity contribution in [3.8, 4) is 11.8 Å². The minimum absolute atomic E-state index is 0.144. The number of rotatable bonds is 4. The number of carbonyl (C=O) groups is 1. The van der Waals surface area contributed by atoms with Gasteiger partial charge in [0, 0.05) is 5.56 Å². The second kappa shape index (κ2) is 8.25. The van der Waals surface area contributed by atoms with Gasteiger partial charge in [-0.15, -0.1) is 0 Å². The van der Waals surface area contributed by atoms with Crippen molar-refractivity contribution in [3.05, 3.63) is 106 Å². The monoisotopic (exact) mass is 408 g/mol. The molecule has 31 heavy (non-hydrogen) atoms. The number of amides is 1. The Morgan fingerprint density at radius 1 is 1.03 bits per heavy atom. The molecule has 1 amide bonds. The van der Waals surface area contributed by atoms with E-state index < -0.39 is 0 Å². The lowest BCUT2D eigenvalue weighted by Crippen LogP contribution is -2.27. The molecule has 0 aliphatic carbocycles. The molecular formula is C25H20N4O2. The largest absolute Gasteiger partial charge is 0.346 e. The third kappa shape index (κ3) is 3.94. The predicted octanol–water partition coefficient (Wildman–Crippen LogP) is 4.06.